The Labute approximate surface area is 120 Å². The summed E-state index contributed by atoms with van der Waals surface area (Å²) in [6.45, 7) is 2.01. The average Bonchev–Trinajstić information content (AvgIpc) is 2.85. The van der Waals surface area contributed by atoms with Gasteiger partial charge in [0.15, 0.2) is 17.0 Å². The number of amidine groups is 1. The number of thioether (sulfide) groups is 1. The number of guanidine groups is 1. The number of aryl methyl sites for hydroxylation is 1. The molecule has 0 saturated carbocycles. The molecule has 5 N–H and O–H groups in total. The Bertz CT molecular complexity index is 630. The van der Waals surface area contributed by atoms with Gasteiger partial charge in [-0.25, -0.2) is 0 Å². The maximum Gasteiger partial charge on any atom is 0.257 e. The lowest BCUT2D eigenvalue weighted by Crippen LogP contribution is -2.23. The molecule has 0 amide bonds. The molecule has 1 heterocycles. The molecule has 2 rings (SSSR count). The lowest BCUT2D eigenvalue weighted by Gasteiger charge is -1.95. The van der Waals surface area contributed by atoms with Gasteiger partial charge in [0.25, 0.3) is 5.89 Å². The van der Waals surface area contributed by atoms with Crippen LogP contribution in [-0.4, -0.2) is 21.3 Å². The summed E-state index contributed by atoms with van der Waals surface area (Å²) in [7, 11) is 0. The smallest absolute Gasteiger partial charge is 0.257 e. The zero-order valence-corrected chi connectivity index (χ0v) is 11.6. The summed E-state index contributed by atoms with van der Waals surface area (Å²) in [4.78, 5) is 7.85. The van der Waals surface area contributed by atoms with Crippen molar-refractivity contribution in [3.63, 3.8) is 0 Å². The largest absolute Gasteiger partial charge is 0.370 e. The van der Waals surface area contributed by atoms with Gasteiger partial charge in [-0.15, -0.1) is 0 Å². The first-order valence-electron chi connectivity index (χ1n) is 5.75. The molecule has 0 bridgehead atoms. The summed E-state index contributed by atoms with van der Waals surface area (Å²) >= 11 is 1.12. The number of aliphatic imine (C=N–C) groups is 1. The number of hydrogen-bond donors (Lipinski definition) is 3. The fourth-order valence-electron chi connectivity index (χ4n) is 1.41. The van der Waals surface area contributed by atoms with Crippen LogP contribution in [0.5, 0.6) is 0 Å². The third-order valence-corrected chi connectivity index (χ3v) is 3.10. The molecule has 8 heteroatoms. The summed E-state index contributed by atoms with van der Waals surface area (Å²) in [5, 5.41) is 11.3. The molecule has 0 radical (unpaired) electrons. The van der Waals surface area contributed by atoms with Crippen molar-refractivity contribution >= 4 is 22.9 Å². The number of rotatable bonds is 3. The molecule has 0 unspecified atom stereocenters. The Morgan fingerprint density at radius 1 is 1.35 bits per heavy atom. The Hall–Kier alpha value is -2.35. The van der Waals surface area contributed by atoms with Crippen molar-refractivity contribution < 1.29 is 4.52 Å². The Morgan fingerprint density at radius 3 is 2.70 bits per heavy atom. The molecular formula is C12H14N6OS. The molecule has 1 aromatic carbocycles. The van der Waals surface area contributed by atoms with E-state index in [9.17, 15) is 0 Å². The lowest BCUT2D eigenvalue weighted by molar-refractivity contribution is 0.425. The van der Waals surface area contributed by atoms with Crippen LogP contribution < -0.4 is 11.5 Å². The normalized spacial score (nSPS) is 10.2. The summed E-state index contributed by atoms with van der Waals surface area (Å²) in [6, 6.07) is 7.78. The van der Waals surface area contributed by atoms with Gasteiger partial charge in [0.05, 0.1) is 5.75 Å². The van der Waals surface area contributed by atoms with E-state index in [1.54, 1.807) is 0 Å². The minimum Gasteiger partial charge on any atom is -0.370 e. The zero-order valence-electron chi connectivity index (χ0n) is 10.8. The van der Waals surface area contributed by atoms with Gasteiger partial charge in [-0.2, -0.15) is 9.98 Å². The molecule has 20 heavy (non-hydrogen) atoms. The van der Waals surface area contributed by atoms with Crippen LogP contribution in [0.1, 0.15) is 11.4 Å². The zero-order chi connectivity index (χ0) is 14.5. The number of nitrogens with one attached hydrogen (secondary N) is 1. The van der Waals surface area contributed by atoms with E-state index in [1.807, 2.05) is 31.2 Å². The molecule has 0 aliphatic rings. The quantitative estimate of drug-likeness (QED) is 0.580. The van der Waals surface area contributed by atoms with Crippen LogP contribution in [0.15, 0.2) is 33.8 Å². The van der Waals surface area contributed by atoms with E-state index in [1.165, 1.54) is 0 Å². The molecule has 7 nitrogen and oxygen atoms in total. The first-order valence-corrected chi connectivity index (χ1v) is 6.74. The van der Waals surface area contributed by atoms with E-state index >= 15 is 0 Å². The van der Waals surface area contributed by atoms with Gasteiger partial charge in [-0.3, -0.25) is 5.41 Å². The minimum absolute atomic E-state index is 0.00619. The van der Waals surface area contributed by atoms with E-state index < -0.39 is 0 Å². The van der Waals surface area contributed by atoms with E-state index in [2.05, 4.69) is 15.1 Å². The number of aromatic nitrogens is 2. The van der Waals surface area contributed by atoms with Crippen molar-refractivity contribution in [1.82, 2.24) is 10.1 Å². The molecule has 0 fully saturated rings. The molecule has 0 atom stereocenters. The van der Waals surface area contributed by atoms with Crippen molar-refractivity contribution in [3.8, 4) is 11.5 Å². The summed E-state index contributed by atoms with van der Waals surface area (Å²) in [6.07, 6.45) is 0. The van der Waals surface area contributed by atoms with Crippen molar-refractivity contribution in [2.45, 2.75) is 12.7 Å². The molecule has 2 aromatic rings. The minimum atomic E-state index is -0.143. The predicted octanol–water partition coefficient (Wildman–Crippen LogP) is 1.49. The predicted molar refractivity (Wildman–Crippen MR) is 79.3 cm³/mol. The van der Waals surface area contributed by atoms with Crippen molar-refractivity contribution in [2.24, 2.45) is 16.5 Å². The molecule has 1 aromatic heterocycles. The average molecular weight is 290 g/mol. The molecule has 0 saturated heterocycles. The second-order valence-corrected chi connectivity index (χ2v) is 4.98. The van der Waals surface area contributed by atoms with Gasteiger partial charge in [-0.05, 0) is 19.1 Å². The van der Waals surface area contributed by atoms with Crippen molar-refractivity contribution in [1.29, 1.82) is 5.41 Å². The Kier molecular flexibility index (Phi) is 4.36. The highest BCUT2D eigenvalue weighted by Gasteiger charge is 2.09. The monoisotopic (exact) mass is 290 g/mol. The highest BCUT2D eigenvalue weighted by atomic mass is 32.2. The fraction of sp³-hybridized carbons (Fsp3) is 0.167. The van der Waals surface area contributed by atoms with E-state index in [0.29, 0.717) is 17.5 Å². The number of benzene rings is 1. The molecule has 0 aliphatic carbocycles. The van der Waals surface area contributed by atoms with Crippen LogP contribution in [0.25, 0.3) is 11.5 Å². The fourth-order valence-corrected chi connectivity index (χ4v) is 1.96. The Morgan fingerprint density at radius 2 is 2.05 bits per heavy atom. The molecular weight excluding hydrogens is 276 g/mol. The molecule has 0 aliphatic heterocycles. The van der Waals surface area contributed by atoms with Crippen LogP contribution in [0.2, 0.25) is 0 Å². The number of nitrogens with two attached hydrogens (primary N) is 2. The van der Waals surface area contributed by atoms with Gasteiger partial charge in [0.1, 0.15) is 0 Å². The van der Waals surface area contributed by atoms with Gasteiger partial charge in [0, 0.05) is 5.56 Å². The third kappa shape index (κ3) is 3.82. The van der Waals surface area contributed by atoms with Gasteiger partial charge in [-0.1, -0.05) is 34.6 Å². The lowest BCUT2D eigenvalue weighted by atomic mass is 10.1. The third-order valence-electron chi connectivity index (χ3n) is 2.34. The molecule has 104 valence electrons. The first kappa shape index (κ1) is 14.1. The second kappa shape index (κ2) is 6.20. The van der Waals surface area contributed by atoms with E-state index in [0.717, 1.165) is 22.9 Å². The topological polar surface area (TPSA) is 127 Å². The van der Waals surface area contributed by atoms with Gasteiger partial charge >= 0.3 is 0 Å². The number of nitrogens with zero attached hydrogens (tertiary/aromatic N) is 3. The summed E-state index contributed by atoms with van der Waals surface area (Å²) in [5.74, 6) is 1.16. The number of hydrogen-bond acceptors (Lipinski definition) is 5. The van der Waals surface area contributed by atoms with E-state index in [-0.39, 0.29) is 11.1 Å². The standard InChI is InChI=1S/C12H14N6OS/c1-7-2-4-8(5-3-7)10-16-9(18-19-10)6-20-12(15)17-11(13)14/h2-5H,6H2,1H3,(H5,13,14,15,17). The summed E-state index contributed by atoms with van der Waals surface area (Å²) in [5.41, 5.74) is 12.4. The second-order valence-electron chi connectivity index (χ2n) is 4.01. The van der Waals surface area contributed by atoms with Crippen LogP contribution in [-0.2, 0) is 5.75 Å². The SMILES string of the molecule is Cc1ccc(-c2nc(CSC(=N)N=C(N)N)no2)cc1. The van der Waals surface area contributed by atoms with Crippen LogP contribution in [0.3, 0.4) is 0 Å². The summed E-state index contributed by atoms with van der Waals surface area (Å²) < 4.78 is 5.17. The van der Waals surface area contributed by atoms with Crippen molar-refractivity contribution in [3.05, 3.63) is 35.7 Å². The Balaban J connectivity index is 2.01. The maximum atomic E-state index is 7.49. The molecule has 0 spiro atoms. The van der Waals surface area contributed by atoms with Crippen molar-refractivity contribution in [2.75, 3.05) is 0 Å². The highest BCUT2D eigenvalue weighted by molar-refractivity contribution is 8.13. The van der Waals surface area contributed by atoms with E-state index in [4.69, 9.17) is 21.4 Å². The first-order chi connectivity index (χ1) is 9.54. The van der Waals surface area contributed by atoms with Crippen LogP contribution in [0.4, 0.5) is 0 Å². The van der Waals surface area contributed by atoms with Gasteiger partial charge < -0.3 is 16.0 Å². The maximum absolute atomic E-state index is 7.49. The van der Waals surface area contributed by atoms with Crippen LogP contribution in [0, 0.1) is 12.3 Å². The van der Waals surface area contributed by atoms with Gasteiger partial charge in [0.2, 0.25) is 0 Å². The van der Waals surface area contributed by atoms with Crippen LogP contribution >= 0.6 is 11.8 Å². The highest BCUT2D eigenvalue weighted by Crippen LogP contribution is 2.19.